The minimum absolute atomic E-state index is 0.156. The van der Waals surface area contributed by atoms with Crippen molar-refractivity contribution in [1.29, 1.82) is 0 Å². The Morgan fingerprint density at radius 3 is 2.67 bits per heavy atom. The molecule has 24 heavy (non-hydrogen) atoms. The highest BCUT2D eigenvalue weighted by molar-refractivity contribution is 6.38. The summed E-state index contributed by atoms with van der Waals surface area (Å²) in [5, 5.41) is 0.655. The van der Waals surface area contributed by atoms with Gasteiger partial charge in [0, 0.05) is 5.02 Å². The van der Waals surface area contributed by atoms with Crippen molar-refractivity contribution in [3.8, 4) is 5.75 Å². The van der Waals surface area contributed by atoms with Crippen molar-refractivity contribution in [3.05, 3.63) is 73.0 Å². The molecule has 7 heteroatoms. The van der Waals surface area contributed by atoms with Crippen molar-refractivity contribution >= 4 is 34.1 Å². The van der Waals surface area contributed by atoms with Crippen molar-refractivity contribution in [1.82, 2.24) is 4.57 Å². The van der Waals surface area contributed by atoms with Gasteiger partial charge in [-0.15, -0.1) is 0 Å². The number of ether oxygens (including phenoxy) is 1. The normalized spacial score (nSPS) is 11.0. The van der Waals surface area contributed by atoms with E-state index in [2.05, 4.69) is 0 Å². The average molecular weight is 366 g/mol. The van der Waals surface area contributed by atoms with Crippen LogP contribution >= 0.6 is 23.2 Å². The molecule has 0 bridgehead atoms. The monoisotopic (exact) mass is 365 g/mol. The number of fused-ring (bicyclic) bond motifs is 1. The van der Waals surface area contributed by atoms with E-state index in [1.165, 1.54) is 16.7 Å². The van der Waals surface area contributed by atoms with Crippen LogP contribution in [0.25, 0.3) is 10.9 Å². The first-order valence-electron chi connectivity index (χ1n) is 7.18. The Balaban J connectivity index is 1.96. The Bertz CT molecular complexity index is 1020. The lowest BCUT2D eigenvalue weighted by atomic mass is 10.2. The lowest BCUT2D eigenvalue weighted by Gasteiger charge is -2.12. The molecule has 0 atom stereocenters. The fraction of sp³-hybridized carbons (Fsp3) is 0.176. The van der Waals surface area contributed by atoms with Crippen LogP contribution in [-0.4, -0.2) is 11.2 Å². The second-order valence-electron chi connectivity index (χ2n) is 5.20. The molecule has 0 unspecified atom stereocenters. The standard InChI is InChI=1S/C17H13Cl2NO4/c1-10-4-2-3-5-14(10)23-7-6-20-15-12(16(21)24-17(20)22)8-11(18)9-13(15)19/h2-5,8-9H,6-7H2,1H3. The van der Waals surface area contributed by atoms with Crippen LogP contribution < -0.4 is 16.1 Å². The van der Waals surface area contributed by atoms with Gasteiger partial charge in [0.05, 0.1) is 22.5 Å². The first-order chi connectivity index (χ1) is 11.5. The van der Waals surface area contributed by atoms with E-state index in [-0.39, 0.29) is 29.1 Å². The predicted octanol–water partition coefficient (Wildman–Crippen LogP) is 3.65. The topological polar surface area (TPSA) is 61.4 Å². The van der Waals surface area contributed by atoms with Crippen LogP contribution in [0.5, 0.6) is 5.75 Å². The van der Waals surface area contributed by atoms with Gasteiger partial charge >= 0.3 is 11.4 Å². The highest BCUT2D eigenvalue weighted by Gasteiger charge is 2.14. The molecule has 0 fully saturated rings. The van der Waals surface area contributed by atoms with E-state index < -0.39 is 11.4 Å². The Morgan fingerprint density at radius 2 is 1.92 bits per heavy atom. The summed E-state index contributed by atoms with van der Waals surface area (Å²) in [6.45, 7) is 2.32. The minimum atomic E-state index is -0.787. The number of hydrogen-bond donors (Lipinski definition) is 0. The number of halogens is 2. The van der Waals surface area contributed by atoms with Gasteiger partial charge < -0.3 is 9.15 Å². The number of para-hydroxylation sites is 1. The molecule has 0 saturated heterocycles. The van der Waals surface area contributed by atoms with Gasteiger partial charge in [-0.1, -0.05) is 41.4 Å². The summed E-state index contributed by atoms with van der Waals surface area (Å²) >= 11 is 12.1. The molecule has 0 radical (unpaired) electrons. The molecule has 5 nitrogen and oxygen atoms in total. The summed E-state index contributed by atoms with van der Waals surface area (Å²) in [4.78, 5) is 23.9. The van der Waals surface area contributed by atoms with Crippen LogP contribution in [-0.2, 0) is 6.54 Å². The van der Waals surface area contributed by atoms with E-state index in [4.69, 9.17) is 32.4 Å². The number of hydrogen-bond acceptors (Lipinski definition) is 4. The third-order valence-electron chi connectivity index (χ3n) is 3.58. The van der Waals surface area contributed by atoms with E-state index in [0.717, 1.165) is 11.3 Å². The van der Waals surface area contributed by atoms with Crippen molar-refractivity contribution < 1.29 is 9.15 Å². The molecule has 0 spiro atoms. The number of nitrogens with zero attached hydrogens (tertiary/aromatic N) is 1. The molecule has 1 aromatic heterocycles. The van der Waals surface area contributed by atoms with Crippen LogP contribution in [0.1, 0.15) is 5.56 Å². The Morgan fingerprint density at radius 1 is 1.17 bits per heavy atom. The molecule has 0 aliphatic heterocycles. The van der Waals surface area contributed by atoms with E-state index in [9.17, 15) is 9.59 Å². The van der Waals surface area contributed by atoms with Crippen LogP contribution in [0.3, 0.4) is 0 Å². The number of rotatable bonds is 4. The van der Waals surface area contributed by atoms with Gasteiger partial charge in [0.25, 0.3) is 0 Å². The SMILES string of the molecule is Cc1ccccc1OCCn1c(=O)oc(=O)c2cc(Cl)cc(Cl)c21. The van der Waals surface area contributed by atoms with Gasteiger partial charge in [0.2, 0.25) is 0 Å². The molecule has 124 valence electrons. The van der Waals surface area contributed by atoms with Crippen LogP contribution in [0.2, 0.25) is 10.0 Å². The maximum absolute atomic E-state index is 12.0. The summed E-state index contributed by atoms with van der Waals surface area (Å²) in [6.07, 6.45) is 0. The predicted molar refractivity (Wildman–Crippen MR) is 93.4 cm³/mol. The molecule has 0 N–H and O–H groups in total. The first kappa shape index (κ1) is 16.6. The molecule has 0 saturated carbocycles. The zero-order chi connectivity index (χ0) is 17.3. The zero-order valence-electron chi connectivity index (χ0n) is 12.7. The molecular formula is C17H13Cl2NO4. The minimum Gasteiger partial charge on any atom is -0.491 e. The Labute approximate surface area is 147 Å². The van der Waals surface area contributed by atoms with E-state index in [1.54, 1.807) is 0 Å². The summed E-state index contributed by atoms with van der Waals surface area (Å²) < 4.78 is 11.7. The lowest BCUT2D eigenvalue weighted by molar-refractivity contribution is 0.286. The number of benzene rings is 2. The smallest absolute Gasteiger partial charge is 0.422 e. The maximum atomic E-state index is 12.0. The Hall–Kier alpha value is -2.24. The number of aromatic nitrogens is 1. The van der Waals surface area contributed by atoms with Crippen LogP contribution in [0, 0.1) is 6.92 Å². The van der Waals surface area contributed by atoms with Gasteiger partial charge in [0.1, 0.15) is 12.4 Å². The summed E-state index contributed by atoms with van der Waals surface area (Å²) in [5.41, 5.74) is 0.505. The molecule has 0 aliphatic rings. The summed E-state index contributed by atoms with van der Waals surface area (Å²) in [6, 6.07) is 10.4. The van der Waals surface area contributed by atoms with Crippen molar-refractivity contribution in [2.45, 2.75) is 13.5 Å². The van der Waals surface area contributed by atoms with Gasteiger partial charge in [-0.2, -0.15) is 0 Å². The van der Waals surface area contributed by atoms with Crippen molar-refractivity contribution in [2.75, 3.05) is 6.61 Å². The van der Waals surface area contributed by atoms with Gasteiger partial charge in [-0.3, -0.25) is 4.57 Å². The second-order valence-corrected chi connectivity index (χ2v) is 6.05. The van der Waals surface area contributed by atoms with E-state index >= 15 is 0 Å². The highest BCUT2D eigenvalue weighted by Crippen LogP contribution is 2.25. The third kappa shape index (κ3) is 3.18. The quantitative estimate of drug-likeness (QED) is 0.707. The van der Waals surface area contributed by atoms with Crippen molar-refractivity contribution in [3.63, 3.8) is 0 Å². The molecule has 3 rings (SSSR count). The molecule has 2 aromatic carbocycles. The Kier molecular flexibility index (Phi) is 4.64. The molecule has 0 amide bonds. The summed E-state index contributed by atoms with van der Waals surface area (Å²) in [5.74, 6) is -0.0634. The van der Waals surface area contributed by atoms with Crippen LogP contribution in [0.4, 0.5) is 0 Å². The maximum Gasteiger partial charge on any atom is 0.422 e. The van der Waals surface area contributed by atoms with Crippen LogP contribution in [0.15, 0.2) is 50.4 Å². The molecular weight excluding hydrogens is 353 g/mol. The fourth-order valence-corrected chi connectivity index (χ4v) is 3.04. The molecule has 1 heterocycles. The van der Waals surface area contributed by atoms with Gasteiger partial charge in [-0.05, 0) is 30.7 Å². The van der Waals surface area contributed by atoms with E-state index in [0.29, 0.717) is 5.02 Å². The average Bonchev–Trinajstić information content (AvgIpc) is 2.52. The van der Waals surface area contributed by atoms with Crippen molar-refractivity contribution in [2.24, 2.45) is 0 Å². The van der Waals surface area contributed by atoms with E-state index in [1.807, 2.05) is 31.2 Å². The second kappa shape index (κ2) is 6.71. The third-order valence-corrected chi connectivity index (χ3v) is 4.09. The van der Waals surface area contributed by atoms with Gasteiger partial charge in [0.15, 0.2) is 0 Å². The summed E-state index contributed by atoms with van der Waals surface area (Å²) in [7, 11) is 0. The molecule has 0 aliphatic carbocycles. The number of aryl methyl sites for hydroxylation is 1. The highest BCUT2D eigenvalue weighted by atomic mass is 35.5. The molecule has 3 aromatic rings. The zero-order valence-corrected chi connectivity index (χ0v) is 14.2. The first-order valence-corrected chi connectivity index (χ1v) is 7.94. The largest absolute Gasteiger partial charge is 0.491 e. The van der Waals surface area contributed by atoms with Gasteiger partial charge in [-0.25, -0.2) is 9.59 Å². The lowest BCUT2D eigenvalue weighted by Crippen LogP contribution is -2.27. The fourth-order valence-electron chi connectivity index (χ4n) is 2.44.